The first-order chi connectivity index (χ1) is 15.6. The lowest BCUT2D eigenvalue weighted by molar-refractivity contribution is 0.177. The fraction of sp³-hybridized carbons (Fsp3) is 0.609. The molecule has 3 rings (SSSR count). The summed E-state index contributed by atoms with van der Waals surface area (Å²) in [6.45, 7) is 8.27. The van der Waals surface area contributed by atoms with Gasteiger partial charge in [0, 0.05) is 33.2 Å². The van der Waals surface area contributed by atoms with E-state index in [1.165, 1.54) is 5.56 Å². The highest BCUT2D eigenvalue weighted by Gasteiger charge is 2.23. The average Bonchev–Trinajstić information content (AvgIpc) is 3.22. The van der Waals surface area contributed by atoms with Gasteiger partial charge >= 0.3 is 0 Å². The number of hydrogen-bond acceptors (Lipinski definition) is 6. The number of aryl methyl sites for hydroxylation is 1. The molecule has 184 valence electrons. The second-order valence-electron chi connectivity index (χ2n) is 7.91. The largest absolute Gasteiger partial charge is 0.497 e. The molecule has 0 saturated carbocycles. The molecule has 2 heterocycles. The molecular formula is C23H38IN7O2. The van der Waals surface area contributed by atoms with Gasteiger partial charge in [0.25, 0.3) is 0 Å². The number of hydrogen-bond donors (Lipinski definition) is 2. The summed E-state index contributed by atoms with van der Waals surface area (Å²) in [5.41, 5.74) is 1.23. The van der Waals surface area contributed by atoms with Crippen molar-refractivity contribution in [3.05, 3.63) is 41.5 Å². The molecule has 2 atom stereocenters. The number of aromatic nitrogens is 3. The van der Waals surface area contributed by atoms with Crippen LogP contribution in [0.1, 0.15) is 43.5 Å². The Morgan fingerprint density at radius 1 is 1.30 bits per heavy atom. The second-order valence-corrected chi connectivity index (χ2v) is 7.91. The first-order valence-corrected chi connectivity index (χ1v) is 11.4. The third kappa shape index (κ3) is 7.28. The predicted octanol–water partition coefficient (Wildman–Crippen LogP) is 2.61. The van der Waals surface area contributed by atoms with E-state index in [0.29, 0.717) is 6.61 Å². The third-order valence-corrected chi connectivity index (χ3v) is 5.93. The van der Waals surface area contributed by atoms with Gasteiger partial charge in [0.05, 0.1) is 19.7 Å². The van der Waals surface area contributed by atoms with E-state index in [9.17, 15) is 0 Å². The molecule has 1 aromatic carbocycles. The third-order valence-electron chi connectivity index (χ3n) is 5.93. The van der Waals surface area contributed by atoms with E-state index in [0.717, 1.165) is 62.4 Å². The minimum atomic E-state index is 0. The highest BCUT2D eigenvalue weighted by atomic mass is 127. The van der Waals surface area contributed by atoms with E-state index in [-0.39, 0.29) is 36.1 Å². The van der Waals surface area contributed by atoms with Crippen LogP contribution in [0.25, 0.3) is 0 Å². The number of methoxy groups -OCH3 is 2. The number of benzene rings is 1. The van der Waals surface area contributed by atoms with Gasteiger partial charge < -0.3 is 20.1 Å². The van der Waals surface area contributed by atoms with Crippen LogP contribution < -0.4 is 15.4 Å². The van der Waals surface area contributed by atoms with Crippen molar-refractivity contribution in [2.45, 2.75) is 51.9 Å². The van der Waals surface area contributed by atoms with Crippen LogP contribution in [0.4, 0.5) is 0 Å². The van der Waals surface area contributed by atoms with E-state index in [1.54, 1.807) is 14.2 Å². The number of likely N-dealkylation sites (N-methyl/N-ethyl adjacent to an activating group) is 1. The smallest absolute Gasteiger partial charge is 0.191 e. The predicted molar refractivity (Wildman–Crippen MR) is 141 cm³/mol. The fourth-order valence-corrected chi connectivity index (χ4v) is 4.22. The minimum Gasteiger partial charge on any atom is -0.497 e. The summed E-state index contributed by atoms with van der Waals surface area (Å²) in [6.07, 6.45) is 1.87. The first kappa shape index (κ1) is 27.3. The Balaban J connectivity index is 0.00000385. The van der Waals surface area contributed by atoms with Gasteiger partial charge in [-0.3, -0.25) is 9.89 Å². The normalized spacial score (nSPS) is 16.7. The van der Waals surface area contributed by atoms with E-state index in [4.69, 9.17) is 9.47 Å². The van der Waals surface area contributed by atoms with Crippen LogP contribution in [0.15, 0.2) is 29.3 Å². The highest BCUT2D eigenvalue weighted by Crippen LogP contribution is 2.24. The Kier molecular flexibility index (Phi) is 11.3. The van der Waals surface area contributed by atoms with E-state index in [1.807, 2.05) is 23.9 Å². The molecule has 0 amide bonds. The number of halogens is 1. The van der Waals surface area contributed by atoms with Crippen LogP contribution in [-0.2, 0) is 24.3 Å². The van der Waals surface area contributed by atoms with Gasteiger partial charge in [-0.15, -0.1) is 24.0 Å². The summed E-state index contributed by atoms with van der Waals surface area (Å²) >= 11 is 0. The molecule has 0 aliphatic carbocycles. The zero-order chi connectivity index (χ0) is 22.9. The Hall–Kier alpha value is -1.92. The standard InChI is InChI=1S/C23H37N7O2.HI/c1-6-29(7-2)20(17-9-8-10-19(13-17)32-5)14-25-23(24-3)26-18-11-12-22-27-21(16-31-4)28-30(22)15-18;/h8-10,13,18,20H,6-7,11-12,14-16H2,1-5H3,(H2,24,25,26);1H. The van der Waals surface area contributed by atoms with Crippen LogP contribution in [0.5, 0.6) is 5.75 Å². The number of guanidine groups is 1. The van der Waals surface area contributed by atoms with Gasteiger partial charge in [-0.25, -0.2) is 9.67 Å². The molecule has 1 aromatic heterocycles. The van der Waals surface area contributed by atoms with E-state index in [2.05, 4.69) is 56.6 Å². The zero-order valence-electron chi connectivity index (χ0n) is 20.4. The molecular weight excluding hydrogens is 533 g/mol. The van der Waals surface area contributed by atoms with E-state index < -0.39 is 0 Å². The molecule has 10 heteroatoms. The lowest BCUT2D eigenvalue weighted by atomic mass is 10.0. The number of ether oxygens (including phenoxy) is 2. The quantitative estimate of drug-likeness (QED) is 0.258. The molecule has 0 radical (unpaired) electrons. The summed E-state index contributed by atoms with van der Waals surface area (Å²) in [5.74, 6) is 3.44. The van der Waals surface area contributed by atoms with Crippen LogP contribution in [0, 0.1) is 0 Å². The van der Waals surface area contributed by atoms with Gasteiger partial charge in [0.15, 0.2) is 11.8 Å². The number of rotatable bonds is 10. The molecule has 2 aromatic rings. The Morgan fingerprint density at radius 2 is 2.09 bits per heavy atom. The number of fused-ring (bicyclic) bond motifs is 1. The molecule has 0 fully saturated rings. The van der Waals surface area contributed by atoms with Crippen molar-refractivity contribution in [3.63, 3.8) is 0 Å². The van der Waals surface area contributed by atoms with Crippen molar-refractivity contribution in [2.24, 2.45) is 4.99 Å². The summed E-state index contributed by atoms with van der Waals surface area (Å²) in [6, 6.07) is 8.77. The maximum Gasteiger partial charge on any atom is 0.191 e. The zero-order valence-corrected chi connectivity index (χ0v) is 22.7. The summed E-state index contributed by atoms with van der Waals surface area (Å²) in [4.78, 5) is 11.5. The molecule has 2 N–H and O–H groups in total. The Morgan fingerprint density at radius 3 is 2.76 bits per heavy atom. The number of nitrogens with one attached hydrogen (secondary N) is 2. The van der Waals surface area contributed by atoms with Crippen molar-refractivity contribution in [1.29, 1.82) is 0 Å². The van der Waals surface area contributed by atoms with Gasteiger partial charge in [-0.1, -0.05) is 26.0 Å². The van der Waals surface area contributed by atoms with Gasteiger partial charge in [0.2, 0.25) is 0 Å². The SMILES string of the molecule is CCN(CC)C(CNC(=NC)NC1CCc2nc(COC)nn2C1)c1cccc(OC)c1.I. The Bertz CT molecular complexity index is 885. The Labute approximate surface area is 214 Å². The molecule has 1 aliphatic heterocycles. The molecule has 0 saturated heterocycles. The van der Waals surface area contributed by atoms with E-state index >= 15 is 0 Å². The van der Waals surface area contributed by atoms with Crippen molar-refractivity contribution < 1.29 is 9.47 Å². The average molecular weight is 572 g/mol. The lowest BCUT2D eigenvalue weighted by Gasteiger charge is -2.32. The summed E-state index contributed by atoms with van der Waals surface area (Å²) < 4.78 is 12.6. The maximum absolute atomic E-state index is 5.45. The van der Waals surface area contributed by atoms with Crippen molar-refractivity contribution in [3.8, 4) is 5.75 Å². The van der Waals surface area contributed by atoms with Gasteiger partial charge in [-0.2, -0.15) is 5.10 Å². The summed E-state index contributed by atoms with van der Waals surface area (Å²) in [5, 5.41) is 11.7. The molecule has 33 heavy (non-hydrogen) atoms. The molecule has 2 unspecified atom stereocenters. The molecule has 1 aliphatic rings. The van der Waals surface area contributed by atoms with Gasteiger partial charge in [-0.05, 0) is 37.2 Å². The lowest BCUT2D eigenvalue weighted by Crippen LogP contribution is -2.49. The first-order valence-electron chi connectivity index (χ1n) is 11.4. The molecule has 9 nitrogen and oxygen atoms in total. The van der Waals surface area contributed by atoms with Gasteiger partial charge in [0.1, 0.15) is 18.2 Å². The maximum atomic E-state index is 5.45. The second kappa shape index (κ2) is 13.7. The number of aliphatic imine (C=N–C) groups is 1. The highest BCUT2D eigenvalue weighted by molar-refractivity contribution is 14.0. The monoisotopic (exact) mass is 571 g/mol. The van der Waals surface area contributed by atoms with Crippen molar-refractivity contribution in [1.82, 2.24) is 30.3 Å². The van der Waals surface area contributed by atoms with Crippen LogP contribution in [0.2, 0.25) is 0 Å². The summed E-state index contributed by atoms with van der Waals surface area (Å²) in [7, 11) is 5.18. The topological polar surface area (TPSA) is 88.8 Å². The van der Waals surface area contributed by atoms with Crippen LogP contribution in [-0.4, -0.2) is 72.6 Å². The minimum absolute atomic E-state index is 0. The van der Waals surface area contributed by atoms with Crippen LogP contribution in [0.3, 0.4) is 0 Å². The van der Waals surface area contributed by atoms with Crippen molar-refractivity contribution in [2.75, 3.05) is 40.9 Å². The fourth-order valence-electron chi connectivity index (χ4n) is 4.22. The van der Waals surface area contributed by atoms with Crippen molar-refractivity contribution >= 4 is 29.9 Å². The molecule has 0 bridgehead atoms. The molecule has 0 spiro atoms. The van der Waals surface area contributed by atoms with Crippen LogP contribution >= 0.6 is 24.0 Å². The number of nitrogens with zero attached hydrogens (tertiary/aromatic N) is 5.